The van der Waals surface area contributed by atoms with E-state index in [-0.39, 0.29) is 29.2 Å². The Labute approximate surface area is 90.5 Å². The quantitative estimate of drug-likeness (QED) is 0.867. The first-order valence-corrected chi connectivity index (χ1v) is 4.51. The summed E-state index contributed by atoms with van der Waals surface area (Å²) in [6.07, 6.45) is -2.80. The zero-order chi connectivity index (χ0) is 11.4. The lowest BCUT2D eigenvalue weighted by molar-refractivity contribution is 0.151. The van der Waals surface area contributed by atoms with Gasteiger partial charge in [-0.05, 0) is 6.07 Å². The molecule has 0 aliphatic heterocycles. The van der Waals surface area contributed by atoms with Crippen LogP contribution in [0.2, 0.25) is 5.02 Å². The lowest BCUT2D eigenvalue weighted by Gasteiger charge is -2.08. The third-order valence-electron chi connectivity index (χ3n) is 1.80. The largest absolute Gasteiger partial charge is 0.325 e. The Morgan fingerprint density at radius 2 is 2.27 bits per heavy atom. The third kappa shape index (κ3) is 2.61. The standard InChI is InChI=1S/C9H8ClF2N3/c10-8-6(9(11)12)3-5(4-14)15-7(8)1-2-13/h3,9H,1,4,14H2. The first-order chi connectivity index (χ1) is 7.10. The lowest BCUT2D eigenvalue weighted by Crippen LogP contribution is -2.05. The lowest BCUT2D eigenvalue weighted by atomic mass is 10.1. The van der Waals surface area contributed by atoms with Gasteiger partial charge in [-0.25, -0.2) is 8.78 Å². The molecule has 0 amide bonds. The summed E-state index contributed by atoms with van der Waals surface area (Å²) in [6.45, 7) is 0.0370. The number of nitrogens with two attached hydrogens (primary N) is 1. The summed E-state index contributed by atoms with van der Waals surface area (Å²) in [6, 6.07) is 2.97. The molecule has 0 spiro atoms. The Balaban J connectivity index is 3.28. The summed E-state index contributed by atoms with van der Waals surface area (Å²) in [5.41, 5.74) is 5.43. The number of nitriles is 1. The molecule has 80 valence electrons. The van der Waals surface area contributed by atoms with Crippen LogP contribution >= 0.6 is 11.6 Å². The van der Waals surface area contributed by atoms with Crippen LogP contribution in [0.5, 0.6) is 0 Å². The van der Waals surface area contributed by atoms with Gasteiger partial charge in [-0.2, -0.15) is 5.26 Å². The van der Waals surface area contributed by atoms with Gasteiger partial charge in [0.2, 0.25) is 0 Å². The molecule has 1 aromatic rings. The molecule has 0 radical (unpaired) electrons. The molecule has 0 unspecified atom stereocenters. The van der Waals surface area contributed by atoms with Crippen molar-refractivity contribution < 1.29 is 8.78 Å². The molecule has 6 heteroatoms. The number of rotatable bonds is 3. The van der Waals surface area contributed by atoms with Crippen LogP contribution in [0.15, 0.2) is 6.07 Å². The topological polar surface area (TPSA) is 62.7 Å². The van der Waals surface area contributed by atoms with Crippen molar-refractivity contribution in [3.8, 4) is 6.07 Å². The zero-order valence-corrected chi connectivity index (χ0v) is 8.43. The van der Waals surface area contributed by atoms with Crippen LogP contribution in [0.1, 0.15) is 23.4 Å². The summed E-state index contributed by atoms with van der Waals surface area (Å²) in [5.74, 6) is 0. The normalized spacial score (nSPS) is 10.4. The number of aromatic nitrogens is 1. The van der Waals surface area contributed by atoms with Crippen molar-refractivity contribution in [2.45, 2.75) is 19.4 Å². The van der Waals surface area contributed by atoms with Gasteiger partial charge >= 0.3 is 0 Å². The monoisotopic (exact) mass is 231 g/mol. The summed E-state index contributed by atoms with van der Waals surface area (Å²) in [5, 5.41) is 8.32. The van der Waals surface area contributed by atoms with Gasteiger partial charge < -0.3 is 5.73 Å². The predicted molar refractivity (Wildman–Crippen MR) is 51.4 cm³/mol. The number of halogens is 3. The van der Waals surface area contributed by atoms with Crippen molar-refractivity contribution in [2.24, 2.45) is 5.73 Å². The van der Waals surface area contributed by atoms with Gasteiger partial charge in [0, 0.05) is 12.1 Å². The van der Waals surface area contributed by atoms with Gasteiger partial charge in [-0.15, -0.1) is 0 Å². The van der Waals surface area contributed by atoms with Crippen molar-refractivity contribution in [1.82, 2.24) is 4.98 Å². The van der Waals surface area contributed by atoms with Crippen LogP contribution in [0.4, 0.5) is 8.78 Å². The van der Waals surface area contributed by atoms with Crippen molar-refractivity contribution in [3.05, 3.63) is 28.0 Å². The van der Waals surface area contributed by atoms with E-state index in [2.05, 4.69) is 4.98 Å². The third-order valence-corrected chi connectivity index (χ3v) is 2.23. The SMILES string of the molecule is N#CCc1nc(CN)cc(C(F)F)c1Cl. The van der Waals surface area contributed by atoms with Crippen LogP contribution in [-0.2, 0) is 13.0 Å². The Bertz CT molecular complexity index is 401. The molecule has 1 rings (SSSR count). The van der Waals surface area contributed by atoms with E-state index in [0.717, 1.165) is 6.07 Å². The van der Waals surface area contributed by atoms with E-state index >= 15 is 0 Å². The van der Waals surface area contributed by atoms with E-state index in [1.807, 2.05) is 6.07 Å². The maximum atomic E-state index is 12.5. The van der Waals surface area contributed by atoms with Gasteiger partial charge in [-0.1, -0.05) is 11.6 Å². The van der Waals surface area contributed by atoms with Crippen LogP contribution in [0.25, 0.3) is 0 Å². The van der Waals surface area contributed by atoms with Gasteiger partial charge in [-0.3, -0.25) is 4.98 Å². The Hall–Kier alpha value is -1.25. The van der Waals surface area contributed by atoms with E-state index in [4.69, 9.17) is 22.6 Å². The van der Waals surface area contributed by atoms with E-state index in [1.165, 1.54) is 0 Å². The minimum atomic E-state index is -2.69. The molecule has 0 saturated carbocycles. The van der Waals surface area contributed by atoms with E-state index in [9.17, 15) is 8.78 Å². The van der Waals surface area contributed by atoms with E-state index in [0.29, 0.717) is 5.69 Å². The minimum Gasteiger partial charge on any atom is -0.325 e. The maximum Gasteiger partial charge on any atom is 0.265 e. The highest BCUT2D eigenvalue weighted by Gasteiger charge is 2.17. The molecule has 0 aromatic carbocycles. The highest BCUT2D eigenvalue weighted by molar-refractivity contribution is 6.32. The number of hydrogen-bond acceptors (Lipinski definition) is 3. The summed E-state index contributed by atoms with van der Waals surface area (Å²) in [4.78, 5) is 3.91. The summed E-state index contributed by atoms with van der Waals surface area (Å²) >= 11 is 5.68. The second kappa shape index (κ2) is 5.01. The number of nitrogens with zero attached hydrogens (tertiary/aromatic N) is 2. The predicted octanol–water partition coefficient (Wildman–Crippen LogP) is 2.20. The summed E-state index contributed by atoms with van der Waals surface area (Å²) < 4.78 is 25.1. The average molecular weight is 232 g/mol. The minimum absolute atomic E-state index is 0.0370. The van der Waals surface area contributed by atoms with Gasteiger partial charge in [0.25, 0.3) is 6.43 Å². The maximum absolute atomic E-state index is 12.5. The van der Waals surface area contributed by atoms with Gasteiger partial charge in [0.1, 0.15) is 0 Å². The van der Waals surface area contributed by atoms with Crippen LogP contribution < -0.4 is 5.73 Å². The number of alkyl halides is 2. The molecule has 0 atom stereocenters. The van der Waals surface area contributed by atoms with Crippen LogP contribution in [-0.4, -0.2) is 4.98 Å². The Kier molecular flexibility index (Phi) is 3.95. The molecule has 0 bridgehead atoms. The fourth-order valence-electron chi connectivity index (χ4n) is 1.12. The molecular weight excluding hydrogens is 224 g/mol. The number of hydrogen-bond donors (Lipinski definition) is 1. The fraction of sp³-hybridized carbons (Fsp3) is 0.333. The van der Waals surface area contributed by atoms with Crippen molar-refractivity contribution >= 4 is 11.6 Å². The summed E-state index contributed by atoms with van der Waals surface area (Å²) in [7, 11) is 0. The fourth-order valence-corrected chi connectivity index (χ4v) is 1.37. The number of pyridine rings is 1. The van der Waals surface area contributed by atoms with Crippen LogP contribution in [0, 0.1) is 11.3 Å². The molecule has 0 aliphatic rings. The first-order valence-electron chi connectivity index (χ1n) is 4.13. The zero-order valence-electron chi connectivity index (χ0n) is 7.67. The molecule has 0 fully saturated rings. The van der Waals surface area contributed by atoms with E-state index in [1.54, 1.807) is 0 Å². The van der Waals surface area contributed by atoms with Crippen LogP contribution in [0.3, 0.4) is 0 Å². The highest BCUT2D eigenvalue weighted by Crippen LogP contribution is 2.29. The smallest absolute Gasteiger partial charge is 0.265 e. The molecule has 0 saturated heterocycles. The average Bonchev–Trinajstić information content (AvgIpc) is 2.21. The van der Waals surface area contributed by atoms with E-state index < -0.39 is 6.43 Å². The first kappa shape index (κ1) is 11.8. The molecule has 1 heterocycles. The molecule has 3 nitrogen and oxygen atoms in total. The van der Waals surface area contributed by atoms with Crippen molar-refractivity contribution in [1.29, 1.82) is 5.26 Å². The second-order valence-electron chi connectivity index (χ2n) is 2.80. The van der Waals surface area contributed by atoms with Crippen molar-refractivity contribution in [2.75, 3.05) is 0 Å². The van der Waals surface area contributed by atoms with Gasteiger partial charge in [0.15, 0.2) is 0 Å². The Morgan fingerprint density at radius 1 is 1.60 bits per heavy atom. The van der Waals surface area contributed by atoms with Crippen molar-refractivity contribution in [3.63, 3.8) is 0 Å². The second-order valence-corrected chi connectivity index (χ2v) is 3.18. The Morgan fingerprint density at radius 3 is 2.73 bits per heavy atom. The molecule has 15 heavy (non-hydrogen) atoms. The van der Waals surface area contributed by atoms with Gasteiger partial charge in [0.05, 0.1) is 28.9 Å². The molecule has 1 aromatic heterocycles. The molecular formula is C9H8ClF2N3. The molecule has 2 N–H and O–H groups in total. The molecule has 0 aliphatic carbocycles. The highest BCUT2D eigenvalue weighted by atomic mass is 35.5.